The van der Waals surface area contributed by atoms with E-state index < -0.39 is 0 Å². The minimum Gasteiger partial charge on any atom is -0.369 e. The van der Waals surface area contributed by atoms with Gasteiger partial charge in [0.15, 0.2) is 0 Å². The Hall–Kier alpha value is -1.57. The number of piperazine rings is 1. The molecule has 2 aliphatic rings. The Morgan fingerprint density at radius 3 is 2.23 bits per heavy atom. The summed E-state index contributed by atoms with van der Waals surface area (Å²) in [5.41, 5.74) is 1.98. The lowest BCUT2D eigenvalue weighted by Gasteiger charge is -2.38. The van der Waals surface area contributed by atoms with Gasteiger partial charge >= 0.3 is 0 Å². The predicted molar refractivity (Wildman–Crippen MR) is 90.1 cm³/mol. The molecule has 0 aromatic heterocycles. The van der Waals surface area contributed by atoms with Crippen LogP contribution in [0.25, 0.3) is 0 Å². The van der Waals surface area contributed by atoms with Gasteiger partial charge in [-0.2, -0.15) is 5.26 Å². The van der Waals surface area contributed by atoms with Crippen molar-refractivity contribution in [2.45, 2.75) is 25.8 Å². The molecule has 0 aliphatic carbocycles. The van der Waals surface area contributed by atoms with Crippen molar-refractivity contribution in [1.82, 2.24) is 9.80 Å². The highest BCUT2D eigenvalue weighted by Gasteiger charge is 2.23. The van der Waals surface area contributed by atoms with Gasteiger partial charge in [0.05, 0.1) is 11.6 Å². The Labute approximate surface area is 133 Å². The summed E-state index contributed by atoms with van der Waals surface area (Å²) in [6.07, 6.45) is 2.74. The summed E-state index contributed by atoms with van der Waals surface area (Å²) in [6.45, 7) is 10.6. The Balaban J connectivity index is 1.48. The lowest BCUT2D eigenvalue weighted by atomic mass is 10.2. The molecular formula is C18H26N4. The van der Waals surface area contributed by atoms with Crippen molar-refractivity contribution in [3.05, 3.63) is 29.8 Å². The normalized spacial score (nSPS) is 21.7. The molecule has 1 atom stereocenters. The maximum absolute atomic E-state index is 8.87. The van der Waals surface area contributed by atoms with E-state index in [1.165, 1.54) is 38.2 Å². The van der Waals surface area contributed by atoms with Crippen LogP contribution in [0, 0.1) is 11.3 Å². The van der Waals surface area contributed by atoms with E-state index in [0.717, 1.165) is 31.7 Å². The number of rotatable bonds is 4. The first-order valence-corrected chi connectivity index (χ1v) is 8.48. The zero-order valence-electron chi connectivity index (χ0n) is 13.5. The second-order valence-corrected chi connectivity index (χ2v) is 6.54. The first-order chi connectivity index (χ1) is 10.8. The summed E-state index contributed by atoms with van der Waals surface area (Å²) >= 11 is 0. The molecule has 4 nitrogen and oxygen atoms in total. The van der Waals surface area contributed by atoms with Crippen LogP contribution in [0.4, 0.5) is 5.69 Å². The van der Waals surface area contributed by atoms with Crippen molar-refractivity contribution >= 4 is 5.69 Å². The maximum atomic E-state index is 8.87. The van der Waals surface area contributed by atoms with Crippen molar-refractivity contribution in [3.8, 4) is 6.07 Å². The molecule has 1 aromatic carbocycles. The van der Waals surface area contributed by atoms with E-state index in [1.807, 2.05) is 12.1 Å². The van der Waals surface area contributed by atoms with E-state index in [2.05, 4.69) is 39.8 Å². The van der Waals surface area contributed by atoms with Crippen LogP contribution in [-0.4, -0.2) is 61.7 Å². The van der Waals surface area contributed by atoms with E-state index in [9.17, 15) is 0 Å². The molecule has 0 bridgehead atoms. The van der Waals surface area contributed by atoms with E-state index in [0.29, 0.717) is 6.04 Å². The van der Waals surface area contributed by atoms with E-state index in [4.69, 9.17) is 5.26 Å². The monoisotopic (exact) mass is 298 g/mol. The van der Waals surface area contributed by atoms with Crippen LogP contribution in [0.1, 0.15) is 25.3 Å². The van der Waals surface area contributed by atoms with Crippen molar-refractivity contribution in [1.29, 1.82) is 5.26 Å². The maximum Gasteiger partial charge on any atom is 0.0991 e. The number of anilines is 1. The second-order valence-electron chi connectivity index (χ2n) is 6.54. The molecule has 0 unspecified atom stereocenters. The molecule has 4 heteroatoms. The van der Waals surface area contributed by atoms with Gasteiger partial charge in [0, 0.05) is 44.5 Å². The number of nitrogens with zero attached hydrogens (tertiary/aromatic N) is 4. The quantitative estimate of drug-likeness (QED) is 0.853. The highest BCUT2D eigenvalue weighted by atomic mass is 15.3. The lowest BCUT2D eigenvalue weighted by molar-refractivity contribution is 0.165. The van der Waals surface area contributed by atoms with Crippen molar-refractivity contribution in [3.63, 3.8) is 0 Å². The first-order valence-electron chi connectivity index (χ1n) is 8.48. The van der Waals surface area contributed by atoms with Crippen LogP contribution >= 0.6 is 0 Å². The Morgan fingerprint density at radius 1 is 1.00 bits per heavy atom. The highest BCUT2D eigenvalue weighted by Crippen LogP contribution is 2.18. The first kappa shape index (κ1) is 15.3. The smallest absolute Gasteiger partial charge is 0.0991 e. The van der Waals surface area contributed by atoms with Crippen LogP contribution in [0.2, 0.25) is 0 Å². The molecule has 2 heterocycles. The SMILES string of the molecule is C[C@@H](CN1CCN(c2ccc(C#N)cc2)CC1)N1CCCC1. The fourth-order valence-electron chi connectivity index (χ4n) is 3.61. The van der Waals surface area contributed by atoms with Gasteiger partial charge in [0.2, 0.25) is 0 Å². The topological polar surface area (TPSA) is 33.5 Å². The minimum atomic E-state index is 0.684. The van der Waals surface area contributed by atoms with Gasteiger partial charge in [-0.3, -0.25) is 9.80 Å². The van der Waals surface area contributed by atoms with Crippen LogP contribution in [-0.2, 0) is 0 Å². The molecule has 118 valence electrons. The van der Waals surface area contributed by atoms with Crippen molar-refractivity contribution in [2.24, 2.45) is 0 Å². The van der Waals surface area contributed by atoms with Crippen molar-refractivity contribution in [2.75, 3.05) is 50.7 Å². The molecule has 0 spiro atoms. The number of benzene rings is 1. The third-order valence-electron chi connectivity index (χ3n) is 5.02. The summed E-state index contributed by atoms with van der Waals surface area (Å²) in [4.78, 5) is 7.66. The molecule has 22 heavy (non-hydrogen) atoms. The molecule has 3 rings (SSSR count). The summed E-state index contributed by atoms with van der Waals surface area (Å²) in [5.74, 6) is 0. The van der Waals surface area contributed by atoms with Crippen LogP contribution < -0.4 is 4.90 Å². The van der Waals surface area contributed by atoms with Crippen LogP contribution in [0.3, 0.4) is 0 Å². The zero-order chi connectivity index (χ0) is 15.4. The fraction of sp³-hybridized carbons (Fsp3) is 0.611. The van der Waals surface area contributed by atoms with Crippen LogP contribution in [0.15, 0.2) is 24.3 Å². The van der Waals surface area contributed by atoms with E-state index in [1.54, 1.807) is 0 Å². The van der Waals surface area contributed by atoms with Gasteiger partial charge in [-0.1, -0.05) is 0 Å². The largest absolute Gasteiger partial charge is 0.369 e. The number of nitriles is 1. The van der Waals surface area contributed by atoms with Crippen molar-refractivity contribution < 1.29 is 0 Å². The fourth-order valence-corrected chi connectivity index (χ4v) is 3.61. The lowest BCUT2D eigenvalue weighted by Crippen LogP contribution is -2.50. The molecule has 0 radical (unpaired) electrons. The second kappa shape index (κ2) is 7.13. The third kappa shape index (κ3) is 3.60. The number of hydrogen-bond donors (Lipinski definition) is 0. The third-order valence-corrected chi connectivity index (χ3v) is 5.02. The Morgan fingerprint density at radius 2 is 1.64 bits per heavy atom. The summed E-state index contributed by atoms with van der Waals surface area (Å²) in [6, 6.07) is 10.8. The Bertz CT molecular complexity index is 505. The Kier molecular flexibility index (Phi) is 4.97. The molecular weight excluding hydrogens is 272 g/mol. The molecule has 2 fully saturated rings. The van der Waals surface area contributed by atoms with E-state index in [-0.39, 0.29) is 0 Å². The van der Waals surface area contributed by atoms with Gasteiger partial charge in [-0.15, -0.1) is 0 Å². The van der Waals surface area contributed by atoms with Gasteiger partial charge in [-0.25, -0.2) is 0 Å². The van der Waals surface area contributed by atoms with E-state index >= 15 is 0 Å². The van der Waals surface area contributed by atoms with Gasteiger partial charge in [-0.05, 0) is 57.1 Å². The standard InChI is InChI=1S/C18H26N4/c1-16(21-8-2-3-9-21)15-20-10-12-22(13-11-20)18-6-4-17(14-19)5-7-18/h4-7,16H,2-3,8-13,15H2,1H3/t16-/m0/s1. The molecule has 1 aromatic rings. The van der Waals surface area contributed by atoms with Gasteiger partial charge < -0.3 is 4.90 Å². The summed E-state index contributed by atoms with van der Waals surface area (Å²) in [5, 5.41) is 8.87. The van der Waals surface area contributed by atoms with Gasteiger partial charge in [0.1, 0.15) is 0 Å². The number of likely N-dealkylation sites (tertiary alicyclic amines) is 1. The molecule has 0 N–H and O–H groups in total. The van der Waals surface area contributed by atoms with Crippen LogP contribution in [0.5, 0.6) is 0 Å². The average Bonchev–Trinajstić information content (AvgIpc) is 3.10. The molecule has 0 saturated carbocycles. The average molecular weight is 298 g/mol. The zero-order valence-corrected chi connectivity index (χ0v) is 13.5. The molecule has 0 amide bonds. The predicted octanol–water partition coefficient (Wildman–Crippen LogP) is 2.16. The number of hydrogen-bond acceptors (Lipinski definition) is 4. The molecule has 2 saturated heterocycles. The summed E-state index contributed by atoms with van der Waals surface area (Å²) < 4.78 is 0. The minimum absolute atomic E-state index is 0.684. The van der Waals surface area contributed by atoms with Gasteiger partial charge in [0.25, 0.3) is 0 Å². The molecule has 2 aliphatic heterocycles. The summed E-state index contributed by atoms with van der Waals surface area (Å²) in [7, 11) is 0. The highest BCUT2D eigenvalue weighted by molar-refractivity contribution is 5.50.